The van der Waals surface area contributed by atoms with Crippen molar-refractivity contribution in [2.75, 3.05) is 13.1 Å². The van der Waals surface area contributed by atoms with Crippen LogP contribution in [-0.2, 0) is 4.79 Å². The third-order valence-corrected chi connectivity index (χ3v) is 3.91. The molecule has 1 aliphatic rings. The molecule has 0 heterocycles. The molecule has 0 bridgehead atoms. The molecular weight excluding hydrogens is 224 g/mol. The van der Waals surface area contributed by atoms with Gasteiger partial charge in [-0.2, -0.15) is 0 Å². The lowest BCUT2D eigenvalue weighted by Crippen LogP contribution is -2.48. The van der Waals surface area contributed by atoms with Crippen LogP contribution in [0.1, 0.15) is 59.8 Å². The van der Waals surface area contributed by atoms with Crippen LogP contribution in [-0.4, -0.2) is 29.9 Å². The van der Waals surface area contributed by atoms with Crippen molar-refractivity contribution in [3.63, 3.8) is 0 Å². The van der Waals surface area contributed by atoms with Crippen molar-refractivity contribution in [1.29, 1.82) is 0 Å². The zero-order valence-electron chi connectivity index (χ0n) is 12.5. The van der Waals surface area contributed by atoms with Gasteiger partial charge in [0.1, 0.15) is 0 Å². The van der Waals surface area contributed by atoms with E-state index in [2.05, 4.69) is 32.6 Å². The van der Waals surface area contributed by atoms with Crippen molar-refractivity contribution in [1.82, 2.24) is 4.90 Å². The van der Waals surface area contributed by atoms with Gasteiger partial charge in [0.05, 0.1) is 0 Å². The second-order valence-corrected chi connectivity index (χ2v) is 6.76. The van der Waals surface area contributed by atoms with E-state index in [-0.39, 0.29) is 5.41 Å². The fourth-order valence-electron chi connectivity index (χ4n) is 3.02. The maximum absolute atomic E-state index is 12.4. The number of carbonyl (C=O) groups is 1. The quantitative estimate of drug-likeness (QED) is 0.838. The highest BCUT2D eigenvalue weighted by molar-refractivity contribution is 5.77. The smallest absolute Gasteiger partial charge is 0.223 e. The molecule has 106 valence electrons. The van der Waals surface area contributed by atoms with Gasteiger partial charge in [-0.3, -0.25) is 4.79 Å². The molecular formula is C15H30N2O. The van der Waals surface area contributed by atoms with Crippen molar-refractivity contribution in [3.05, 3.63) is 0 Å². The summed E-state index contributed by atoms with van der Waals surface area (Å²) < 4.78 is 0. The van der Waals surface area contributed by atoms with Gasteiger partial charge in [-0.15, -0.1) is 0 Å². The number of amides is 1. The lowest BCUT2D eigenvalue weighted by Gasteiger charge is -2.40. The van der Waals surface area contributed by atoms with Crippen LogP contribution in [0.4, 0.5) is 0 Å². The van der Waals surface area contributed by atoms with E-state index in [1.165, 1.54) is 19.3 Å². The maximum Gasteiger partial charge on any atom is 0.223 e. The van der Waals surface area contributed by atoms with Gasteiger partial charge in [0.15, 0.2) is 0 Å². The molecule has 0 aliphatic heterocycles. The molecule has 2 unspecified atom stereocenters. The molecule has 0 spiro atoms. The fraction of sp³-hybridized carbons (Fsp3) is 0.933. The van der Waals surface area contributed by atoms with Crippen molar-refractivity contribution in [3.8, 4) is 0 Å². The van der Waals surface area contributed by atoms with E-state index in [0.29, 0.717) is 30.8 Å². The summed E-state index contributed by atoms with van der Waals surface area (Å²) in [7, 11) is 0. The average molecular weight is 254 g/mol. The third-order valence-electron chi connectivity index (χ3n) is 3.91. The Balaban J connectivity index is 2.71. The second-order valence-electron chi connectivity index (χ2n) is 6.76. The lowest BCUT2D eigenvalue weighted by molar-refractivity contribution is -0.137. The monoisotopic (exact) mass is 254 g/mol. The molecule has 3 heteroatoms. The number of hydrogen-bond acceptors (Lipinski definition) is 2. The minimum absolute atomic E-state index is 0.0668. The summed E-state index contributed by atoms with van der Waals surface area (Å²) in [6.07, 6.45) is 5.45. The Morgan fingerprint density at radius 2 is 1.89 bits per heavy atom. The van der Waals surface area contributed by atoms with Gasteiger partial charge in [-0.25, -0.2) is 0 Å². The molecule has 0 aromatic rings. The molecule has 3 nitrogen and oxygen atoms in total. The number of rotatable bonds is 4. The molecule has 1 rings (SSSR count). The van der Waals surface area contributed by atoms with Crippen LogP contribution in [0.2, 0.25) is 0 Å². The summed E-state index contributed by atoms with van der Waals surface area (Å²) in [6, 6.07) is 0.378. The normalized spacial score (nSPS) is 24.9. The molecule has 1 fully saturated rings. The number of nitrogens with zero attached hydrogens (tertiary/aromatic N) is 1. The zero-order valence-corrected chi connectivity index (χ0v) is 12.5. The zero-order chi connectivity index (χ0) is 13.8. The SMILES string of the molecule is CCN(C(=O)CC(C)(C)C)C1CCCCC1CN. The Morgan fingerprint density at radius 3 is 2.39 bits per heavy atom. The van der Waals surface area contributed by atoms with Gasteiger partial charge < -0.3 is 10.6 Å². The summed E-state index contributed by atoms with van der Waals surface area (Å²) in [5.41, 5.74) is 5.94. The molecule has 0 aromatic heterocycles. The third kappa shape index (κ3) is 4.27. The highest BCUT2D eigenvalue weighted by Crippen LogP contribution is 2.29. The van der Waals surface area contributed by atoms with Gasteiger partial charge in [-0.1, -0.05) is 33.6 Å². The van der Waals surface area contributed by atoms with Crippen LogP contribution < -0.4 is 5.73 Å². The van der Waals surface area contributed by atoms with Crippen molar-refractivity contribution >= 4 is 5.91 Å². The highest BCUT2D eigenvalue weighted by atomic mass is 16.2. The highest BCUT2D eigenvalue weighted by Gasteiger charge is 2.32. The minimum Gasteiger partial charge on any atom is -0.340 e. The first-order valence-electron chi connectivity index (χ1n) is 7.38. The van der Waals surface area contributed by atoms with Gasteiger partial charge in [-0.05, 0) is 37.6 Å². The average Bonchev–Trinajstić information content (AvgIpc) is 2.28. The summed E-state index contributed by atoms with van der Waals surface area (Å²) >= 11 is 0. The molecule has 1 aliphatic carbocycles. The second kappa shape index (κ2) is 6.55. The van der Waals surface area contributed by atoms with Crippen LogP contribution in [0.15, 0.2) is 0 Å². The molecule has 0 radical (unpaired) electrons. The Kier molecular flexibility index (Phi) is 5.64. The summed E-state index contributed by atoms with van der Waals surface area (Å²) in [4.78, 5) is 14.5. The topological polar surface area (TPSA) is 46.3 Å². The van der Waals surface area contributed by atoms with Crippen LogP contribution in [0, 0.1) is 11.3 Å². The van der Waals surface area contributed by atoms with E-state index < -0.39 is 0 Å². The largest absolute Gasteiger partial charge is 0.340 e. The number of nitrogens with two attached hydrogens (primary N) is 1. The summed E-state index contributed by atoms with van der Waals surface area (Å²) in [6.45, 7) is 9.99. The van der Waals surface area contributed by atoms with Gasteiger partial charge in [0, 0.05) is 19.0 Å². The van der Waals surface area contributed by atoms with Crippen LogP contribution in [0.3, 0.4) is 0 Å². The van der Waals surface area contributed by atoms with Crippen molar-refractivity contribution in [2.24, 2.45) is 17.1 Å². The van der Waals surface area contributed by atoms with Gasteiger partial charge in [0.2, 0.25) is 5.91 Å². The Hall–Kier alpha value is -0.570. The van der Waals surface area contributed by atoms with E-state index in [4.69, 9.17) is 5.73 Å². The van der Waals surface area contributed by atoms with E-state index in [0.717, 1.165) is 13.0 Å². The lowest BCUT2D eigenvalue weighted by atomic mass is 9.82. The molecule has 2 atom stereocenters. The van der Waals surface area contributed by atoms with Crippen LogP contribution in [0.25, 0.3) is 0 Å². The van der Waals surface area contributed by atoms with Crippen molar-refractivity contribution < 1.29 is 4.79 Å². The standard InChI is InChI=1S/C15H30N2O/c1-5-17(14(18)10-15(2,3)4)13-9-7-6-8-12(13)11-16/h12-13H,5-11,16H2,1-4H3. The summed E-state index contributed by atoms with van der Waals surface area (Å²) in [5, 5.41) is 0. The first-order chi connectivity index (χ1) is 8.39. The predicted molar refractivity (Wildman–Crippen MR) is 76.3 cm³/mol. The molecule has 1 amide bonds. The number of hydrogen-bond donors (Lipinski definition) is 1. The fourth-order valence-corrected chi connectivity index (χ4v) is 3.02. The minimum atomic E-state index is 0.0668. The number of carbonyl (C=O) groups excluding carboxylic acids is 1. The van der Waals surface area contributed by atoms with E-state index in [1.54, 1.807) is 0 Å². The molecule has 18 heavy (non-hydrogen) atoms. The molecule has 0 saturated heterocycles. The Labute approximate surface area is 112 Å². The first kappa shape index (κ1) is 15.5. The van der Waals surface area contributed by atoms with E-state index in [1.807, 2.05) is 0 Å². The van der Waals surface area contributed by atoms with Gasteiger partial charge >= 0.3 is 0 Å². The maximum atomic E-state index is 12.4. The van der Waals surface area contributed by atoms with Crippen LogP contribution >= 0.6 is 0 Å². The van der Waals surface area contributed by atoms with Crippen molar-refractivity contribution in [2.45, 2.75) is 65.8 Å². The van der Waals surface area contributed by atoms with E-state index >= 15 is 0 Å². The predicted octanol–water partition coefficient (Wildman–Crippen LogP) is 2.79. The Bertz CT molecular complexity index is 270. The van der Waals surface area contributed by atoms with Crippen LogP contribution in [0.5, 0.6) is 0 Å². The summed E-state index contributed by atoms with van der Waals surface area (Å²) in [5.74, 6) is 0.804. The first-order valence-corrected chi connectivity index (χ1v) is 7.38. The molecule has 0 aromatic carbocycles. The molecule has 2 N–H and O–H groups in total. The van der Waals surface area contributed by atoms with E-state index in [9.17, 15) is 4.79 Å². The van der Waals surface area contributed by atoms with Gasteiger partial charge in [0.25, 0.3) is 0 Å². The Morgan fingerprint density at radius 1 is 1.28 bits per heavy atom. The molecule has 1 saturated carbocycles.